The van der Waals surface area contributed by atoms with Gasteiger partial charge in [-0.3, -0.25) is 9.59 Å². The van der Waals surface area contributed by atoms with E-state index in [4.69, 9.17) is 15.2 Å². The summed E-state index contributed by atoms with van der Waals surface area (Å²) in [6, 6.07) is 7.37. The second-order valence-electron chi connectivity index (χ2n) is 5.55. The van der Waals surface area contributed by atoms with E-state index in [1.807, 2.05) is 18.2 Å². The van der Waals surface area contributed by atoms with Crippen LogP contribution in [0.25, 0.3) is 0 Å². The molecule has 6 heteroatoms. The highest BCUT2D eigenvalue weighted by Crippen LogP contribution is 2.24. The first-order valence-corrected chi connectivity index (χ1v) is 7.23. The Morgan fingerprint density at radius 2 is 2.09 bits per heavy atom. The normalized spacial score (nSPS) is 21.1. The summed E-state index contributed by atoms with van der Waals surface area (Å²) >= 11 is 0. The molecule has 2 N–H and O–H groups in total. The smallest absolute Gasteiger partial charge is 0.253 e. The van der Waals surface area contributed by atoms with Crippen LogP contribution in [0, 0.1) is 5.92 Å². The molecule has 0 aromatic heterocycles. The zero-order chi connectivity index (χ0) is 16.1. The molecule has 2 amide bonds. The minimum atomic E-state index is -0.372. The number of ether oxygens (including phenoxy) is 2. The molecule has 120 valence electrons. The Labute approximate surface area is 130 Å². The van der Waals surface area contributed by atoms with Crippen LogP contribution in [0.15, 0.2) is 24.3 Å². The first kappa shape index (κ1) is 16.5. The number of amides is 2. The number of hydrogen-bond donors (Lipinski definition) is 1. The molecule has 0 unspecified atom stereocenters. The fourth-order valence-corrected chi connectivity index (χ4v) is 2.87. The second kappa shape index (κ2) is 7.38. The zero-order valence-electron chi connectivity index (χ0n) is 13.0. The molecular formula is C16H22N2O4. The van der Waals surface area contributed by atoms with Crippen molar-refractivity contribution in [2.45, 2.75) is 19.1 Å². The van der Waals surface area contributed by atoms with Gasteiger partial charge in [-0.1, -0.05) is 12.1 Å². The number of carbonyl (C=O) groups excluding carboxylic acids is 2. The third-order valence-corrected chi connectivity index (χ3v) is 3.92. The van der Waals surface area contributed by atoms with Crippen LogP contribution in [-0.2, 0) is 20.9 Å². The molecule has 6 nitrogen and oxygen atoms in total. The van der Waals surface area contributed by atoms with Crippen LogP contribution in [0.1, 0.15) is 22.3 Å². The number of likely N-dealkylation sites (tertiary alicyclic amines) is 1. The van der Waals surface area contributed by atoms with E-state index in [1.165, 1.54) is 0 Å². The van der Waals surface area contributed by atoms with Gasteiger partial charge in [-0.2, -0.15) is 0 Å². The molecule has 0 radical (unpaired) electrons. The summed E-state index contributed by atoms with van der Waals surface area (Å²) < 4.78 is 10.5. The number of nitrogens with two attached hydrogens (primary N) is 1. The highest BCUT2D eigenvalue weighted by atomic mass is 16.5. The van der Waals surface area contributed by atoms with Crippen LogP contribution < -0.4 is 5.73 Å². The zero-order valence-corrected chi connectivity index (χ0v) is 13.0. The third kappa shape index (κ3) is 3.84. The van der Waals surface area contributed by atoms with Crippen molar-refractivity contribution in [3.8, 4) is 0 Å². The number of rotatable bonds is 6. The summed E-state index contributed by atoms with van der Waals surface area (Å²) in [5.74, 6) is -0.482. The Bertz CT molecular complexity index is 547. The monoisotopic (exact) mass is 306 g/mol. The molecule has 0 spiro atoms. The van der Waals surface area contributed by atoms with Gasteiger partial charge in [0.2, 0.25) is 5.91 Å². The van der Waals surface area contributed by atoms with E-state index in [-0.39, 0.29) is 30.3 Å². The van der Waals surface area contributed by atoms with E-state index in [0.717, 1.165) is 5.56 Å². The lowest BCUT2D eigenvalue weighted by molar-refractivity contribution is -0.119. The standard InChI is InChI=1S/C16H22N2O4/c1-21-10-11-4-3-5-12(6-11)16(20)18-8-13(7-15(17)19)14(9-18)22-2/h3-6,13-14H,7-10H2,1-2H3,(H2,17,19)/t13-,14+/m1/s1. The van der Waals surface area contributed by atoms with Crippen LogP contribution in [0.2, 0.25) is 0 Å². The molecule has 0 saturated carbocycles. The van der Waals surface area contributed by atoms with E-state index >= 15 is 0 Å². The van der Waals surface area contributed by atoms with Gasteiger partial charge in [0.05, 0.1) is 12.7 Å². The fraction of sp³-hybridized carbons (Fsp3) is 0.500. The highest BCUT2D eigenvalue weighted by Gasteiger charge is 2.36. The minimum Gasteiger partial charge on any atom is -0.380 e. The van der Waals surface area contributed by atoms with E-state index in [9.17, 15) is 9.59 Å². The summed E-state index contributed by atoms with van der Waals surface area (Å²) in [5.41, 5.74) is 6.83. The average molecular weight is 306 g/mol. The molecule has 2 rings (SSSR count). The van der Waals surface area contributed by atoms with Crippen molar-refractivity contribution in [1.82, 2.24) is 4.90 Å². The van der Waals surface area contributed by atoms with E-state index in [2.05, 4.69) is 0 Å². The molecule has 1 fully saturated rings. The first-order chi connectivity index (χ1) is 10.5. The lowest BCUT2D eigenvalue weighted by Gasteiger charge is -2.16. The Morgan fingerprint density at radius 1 is 1.32 bits per heavy atom. The summed E-state index contributed by atoms with van der Waals surface area (Å²) in [5, 5.41) is 0. The predicted octanol–water partition coefficient (Wildman–Crippen LogP) is 0.795. The number of primary amides is 1. The molecular weight excluding hydrogens is 284 g/mol. The van der Waals surface area contributed by atoms with Gasteiger partial charge in [-0.05, 0) is 17.7 Å². The lowest BCUT2D eigenvalue weighted by atomic mass is 10.0. The number of benzene rings is 1. The number of carbonyl (C=O) groups is 2. The van der Waals surface area contributed by atoms with E-state index in [1.54, 1.807) is 25.2 Å². The van der Waals surface area contributed by atoms with Gasteiger partial charge in [0.15, 0.2) is 0 Å². The fourth-order valence-electron chi connectivity index (χ4n) is 2.87. The highest BCUT2D eigenvalue weighted by molar-refractivity contribution is 5.94. The van der Waals surface area contributed by atoms with Crippen molar-refractivity contribution < 1.29 is 19.1 Å². The minimum absolute atomic E-state index is 0.0476. The van der Waals surface area contributed by atoms with Crippen LogP contribution in [0.4, 0.5) is 0 Å². The van der Waals surface area contributed by atoms with Crippen molar-refractivity contribution >= 4 is 11.8 Å². The summed E-state index contributed by atoms with van der Waals surface area (Å²) in [4.78, 5) is 25.5. The van der Waals surface area contributed by atoms with Crippen molar-refractivity contribution in [3.63, 3.8) is 0 Å². The topological polar surface area (TPSA) is 81.9 Å². The predicted molar refractivity (Wildman–Crippen MR) is 81.2 cm³/mol. The summed E-state index contributed by atoms with van der Waals surface area (Å²) in [6.45, 7) is 1.42. The maximum atomic E-state index is 12.6. The molecule has 1 aromatic rings. The Hall–Kier alpha value is -1.92. The molecule has 1 aliphatic rings. The third-order valence-electron chi connectivity index (χ3n) is 3.92. The van der Waals surface area contributed by atoms with Gasteiger partial charge in [-0.25, -0.2) is 0 Å². The maximum Gasteiger partial charge on any atom is 0.253 e. The Morgan fingerprint density at radius 3 is 2.73 bits per heavy atom. The molecule has 0 aliphatic carbocycles. The molecule has 1 heterocycles. The number of methoxy groups -OCH3 is 2. The number of hydrogen-bond acceptors (Lipinski definition) is 4. The van der Waals surface area contributed by atoms with Crippen LogP contribution in [-0.4, -0.2) is 50.1 Å². The Balaban J connectivity index is 2.09. The van der Waals surface area contributed by atoms with Crippen molar-refractivity contribution in [1.29, 1.82) is 0 Å². The van der Waals surface area contributed by atoms with Gasteiger partial charge in [-0.15, -0.1) is 0 Å². The average Bonchev–Trinajstić information content (AvgIpc) is 2.89. The molecule has 1 aromatic carbocycles. The van der Waals surface area contributed by atoms with Crippen molar-refractivity contribution in [3.05, 3.63) is 35.4 Å². The quantitative estimate of drug-likeness (QED) is 0.842. The van der Waals surface area contributed by atoms with Crippen molar-refractivity contribution in [2.24, 2.45) is 11.7 Å². The van der Waals surface area contributed by atoms with Gasteiger partial charge < -0.3 is 20.1 Å². The first-order valence-electron chi connectivity index (χ1n) is 7.23. The van der Waals surface area contributed by atoms with Gasteiger partial charge in [0.1, 0.15) is 0 Å². The van der Waals surface area contributed by atoms with Crippen LogP contribution in [0.5, 0.6) is 0 Å². The molecule has 0 bridgehead atoms. The summed E-state index contributed by atoms with van der Waals surface area (Å²) in [7, 11) is 3.21. The maximum absolute atomic E-state index is 12.6. The summed E-state index contributed by atoms with van der Waals surface area (Å²) in [6.07, 6.45) is 0.0741. The van der Waals surface area contributed by atoms with Gasteiger partial charge in [0.25, 0.3) is 5.91 Å². The number of nitrogens with zero attached hydrogens (tertiary/aromatic N) is 1. The second-order valence-corrected chi connectivity index (χ2v) is 5.55. The van der Waals surface area contributed by atoms with Gasteiger partial charge in [0, 0.05) is 45.2 Å². The molecule has 22 heavy (non-hydrogen) atoms. The van der Waals surface area contributed by atoms with Crippen LogP contribution >= 0.6 is 0 Å². The van der Waals surface area contributed by atoms with Crippen LogP contribution in [0.3, 0.4) is 0 Å². The van der Waals surface area contributed by atoms with E-state index in [0.29, 0.717) is 25.3 Å². The van der Waals surface area contributed by atoms with E-state index < -0.39 is 0 Å². The Kier molecular flexibility index (Phi) is 5.51. The van der Waals surface area contributed by atoms with Gasteiger partial charge >= 0.3 is 0 Å². The largest absolute Gasteiger partial charge is 0.380 e. The molecule has 2 atom stereocenters. The lowest BCUT2D eigenvalue weighted by Crippen LogP contribution is -2.30. The molecule has 1 aliphatic heterocycles. The van der Waals surface area contributed by atoms with Crippen molar-refractivity contribution in [2.75, 3.05) is 27.3 Å². The SMILES string of the molecule is COCc1cccc(C(=O)N2C[C@@H](CC(N)=O)[C@@H](OC)C2)c1. The molecule has 1 saturated heterocycles.